The average molecular weight is 380 g/mol. The fraction of sp³-hybridized carbons (Fsp3) is 0.526. The van der Waals surface area contributed by atoms with E-state index in [-0.39, 0.29) is 42.5 Å². The molecular weight excluding hydrogens is 354 g/mol. The van der Waals surface area contributed by atoms with Gasteiger partial charge in [0.2, 0.25) is 17.7 Å². The molecule has 0 saturated carbocycles. The number of anilines is 1. The van der Waals surface area contributed by atoms with E-state index in [0.29, 0.717) is 18.8 Å². The van der Waals surface area contributed by atoms with Gasteiger partial charge in [0.1, 0.15) is 0 Å². The molecule has 2 aliphatic heterocycles. The van der Waals surface area contributed by atoms with Crippen LogP contribution in [-0.4, -0.2) is 30.8 Å². The summed E-state index contributed by atoms with van der Waals surface area (Å²) in [6.07, 6.45) is 4.60. The SMILES string of the molecule is Cl.O=C1CC(Cc2ccc(NC(=O)CCC3CCNCC3)cc2)C(=O)N1. The molecule has 26 heavy (non-hydrogen) atoms. The number of imide groups is 1. The van der Waals surface area contributed by atoms with E-state index < -0.39 is 0 Å². The van der Waals surface area contributed by atoms with Gasteiger partial charge in [0.25, 0.3) is 0 Å². The molecule has 0 aromatic heterocycles. The van der Waals surface area contributed by atoms with Crippen molar-refractivity contribution < 1.29 is 14.4 Å². The minimum Gasteiger partial charge on any atom is -0.326 e. The van der Waals surface area contributed by atoms with Gasteiger partial charge in [-0.3, -0.25) is 19.7 Å². The van der Waals surface area contributed by atoms with Crippen LogP contribution in [0.2, 0.25) is 0 Å². The Morgan fingerprint density at radius 2 is 1.81 bits per heavy atom. The van der Waals surface area contributed by atoms with Gasteiger partial charge < -0.3 is 10.6 Å². The predicted molar refractivity (Wildman–Crippen MR) is 102 cm³/mol. The van der Waals surface area contributed by atoms with Gasteiger partial charge in [0.05, 0.1) is 5.92 Å². The van der Waals surface area contributed by atoms with Crippen LogP contribution in [0.5, 0.6) is 0 Å². The number of carbonyl (C=O) groups is 3. The summed E-state index contributed by atoms with van der Waals surface area (Å²) < 4.78 is 0. The van der Waals surface area contributed by atoms with Crippen molar-refractivity contribution in [3.05, 3.63) is 29.8 Å². The van der Waals surface area contributed by atoms with Crippen molar-refractivity contribution in [1.82, 2.24) is 10.6 Å². The molecule has 1 aromatic rings. The van der Waals surface area contributed by atoms with Crippen LogP contribution in [0.4, 0.5) is 5.69 Å². The van der Waals surface area contributed by atoms with Crippen LogP contribution in [0.25, 0.3) is 0 Å². The normalized spacial score (nSPS) is 20.4. The number of hydrogen-bond acceptors (Lipinski definition) is 4. The van der Waals surface area contributed by atoms with Gasteiger partial charge in [-0.25, -0.2) is 0 Å². The van der Waals surface area contributed by atoms with Crippen molar-refractivity contribution in [1.29, 1.82) is 0 Å². The van der Waals surface area contributed by atoms with E-state index in [0.717, 1.165) is 43.6 Å². The number of hydrogen-bond donors (Lipinski definition) is 3. The lowest BCUT2D eigenvalue weighted by atomic mass is 9.93. The summed E-state index contributed by atoms with van der Waals surface area (Å²) in [4.78, 5) is 34.9. The van der Waals surface area contributed by atoms with E-state index in [1.54, 1.807) is 0 Å². The topological polar surface area (TPSA) is 87.3 Å². The van der Waals surface area contributed by atoms with Gasteiger partial charge in [0, 0.05) is 18.5 Å². The van der Waals surface area contributed by atoms with Crippen LogP contribution in [0.3, 0.4) is 0 Å². The van der Waals surface area contributed by atoms with E-state index >= 15 is 0 Å². The Morgan fingerprint density at radius 1 is 1.12 bits per heavy atom. The Bertz CT molecular complexity index is 642. The summed E-state index contributed by atoms with van der Waals surface area (Å²) in [7, 11) is 0. The third-order valence-electron chi connectivity index (χ3n) is 5.02. The smallest absolute Gasteiger partial charge is 0.230 e. The Hall–Kier alpha value is -1.92. The fourth-order valence-electron chi connectivity index (χ4n) is 3.51. The molecule has 3 amide bonds. The Labute approximate surface area is 159 Å². The highest BCUT2D eigenvalue weighted by Gasteiger charge is 2.30. The average Bonchev–Trinajstić information content (AvgIpc) is 2.93. The molecule has 2 aliphatic rings. The second kappa shape index (κ2) is 9.69. The Kier molecular flexibility index (Phi) is 7.60. The van der Waals surface area contributed by atoms with Crippen molar-refractivity contribution in [2.45, 2.75) is 38.5 Å². The zero-order valence-electron chi connectivity index (χ0n) is 14.8. The van der Waals surface area contributed by atoms with E-state index in [1.807, 2.05) is 24.3 Å². The maximum absolute atomic E-state index is 12.1. The molecule has 1 aromatic carbocycles. The van der Waals surface area contributed by atoms with Crippen LogP contribution >= 0.6 is 12.4 Å². The number of rotatable bonds is 6. The van der Waals surface area contributed by atoms with Crippen LogP contribution in [0.1, 0.15) is 37.7 Å². The Morgan fingerprint density at radius 3 is 2.42 bits per heavy atom. The van der Waals surface area contributed by atoms with Crippen LogP contribution in [0, 0.1) is 11.8 Å². The standard InChI is InChI=1S/C19H25N3O3.ClH/c23-17(6-3-13-7-9-20-10-8-13)21-16-4-1-14(2-5-16)11-15-12-18(24)22-19(15)25;/h1-2,4-5,13,15,20H,3,6-12H2,(H,21,23)(H,22,24,25);1H. The number of amides is 3. The first-order valence-electron chi connectivity index (χ1n) is 9.03. The zero-order chi connectivity index (χ0) is 17.6. The lowest BCUT2D eigenvalue weighted by molar-refractivity contribution is -0.125. The third-order valence-corrected chi connectivity index (χ3v) is 5.02. The second-order valence-corrected chi connectivity index (χ2v) is 6.99. The first-order chi connectivity index (χ1) is 12.1. The Balaban J connectivity index is 0.00000243. The van der Waals surface area contributed by atoms with Crippen molar-refractivity contribution in [3.8, 4) is 0 Å². The van der Waals surface area contributed by atoms with Gasteiger partial charge in [-0.2, -0.15) is 0 Å². The third kappa shape index (κ3) is 5.81. The number of halogens is 1. The summed E-state index contributed by atoms with van der Waals surface area (Å²) in [5.74, 6) is 0.0209. The zero-order valence-corrected chi connectivity index (χ0v) is 15.6. The number of piperidine rings is 1. The summed E-state index contributed by atoms with van der Waals surface area (Å²) in [6.45, 7) is 2.11. The summed E-state index contributed by atoms with van der Waals surface area (Å²) >= 11 is 0. The largest absolute Gasteiger partial charge is 0.326 e. The fourth-order valence-corrected chi connectivity index (χ4v) is 3.51. The first-order valence-corrected chi connectivity index (χ1v) is 9.03. The molecule has 7 heteroatoms. The highest BCUT2D eigenvalue weighted by Crippen LogP contribution is 2.20. The summed E-state index contributed by atoms with van der Waals surface area (Å²) in [5.41, 5.74) is 1.76. The minimum absolute atomic E-state index is 0. The van der Waals surface area contributed by atoms with Gasteiger partial charge in [-0.05, 0) is 62.4 Å². The number of carbonyl (C=O) groups excluding carboxylic acids is 3. The molecule has 3 N–H and O–H groups in total. The van der Waals surface area contributed by atoms with Gasteiger partial charge >= 0.3 is 0 Å². The molecule has 0 spiro atoms. The maximum atomic E-state index is 12.1. The van der Waals surface area contributed by atoms with E-state index in [2.05, 4.69) is 16.0 Å². The van der Waals surface area contributed by atoms with Crippen LogP contribution in [-0.2, 0) is 20.8 Å². The molecule has 142 valence electrons. The highest BCUT2D eigenvalue weighted by atomic mass is 35.5. The van der Waals surface area contributed by atoms with Gasteiger partial charge in [0.15, 0.2) is 0 Å². The van der Waals surface area contributed by atoms with Crippen molar-refractivity contribution in [3.63, 3.8) is 0 Å². The van der Waals surface area contributed by atoms with Gasteiger partial charge in [-0.15, -0.1) is 12.4 Å². The highest BCUT2D eigenvalue weighted by molar-refractivity contribution is 6.03. The molecule has 1 atom stereocenters. The molecular formula is C19H26ClN3O3. The molecule has 2 saturated heterocycles. The van der Waals surface area contributed by atoms with Crippen LogP contribution in [0.15, 0.2) is 24.3 Å². The van der Waals surface area contributed by atoms with Crippen LogP contribution < -0.4 is 16.0 Å². The summed E-state index contributed by atoms with van der Waals surface area (Å²) in [6, 6.07) is 7.51. The monoisotopic (exact) mass is 379 g/mol. The quantitative estimate of drug-likeness (QED) is 0.660. The van der Waals surface area contributed by atoms with Gasteiger partial charge in [-0.1, -0.05) is 12.1 Å². The summed E-state index contributed by atoms with van der Waals surface area (Å²) in [5, 5.41) is 8.59. The molecule has 2 fully saturated rings. The van der Waals surface area contributed by atoms with Crippen molar-refractivity contribution in [2.24, 2.45) is 11.8 Å². The molecule has 0 radical (unpaired) electrons. The van der Waals surface area contributed by atoms with E-state index in [4.69, 9.17) is 0 Å². The lowest BCUT2D eigenvalue weighted by Gasteiger charge is -2.22. The van der Waals surface area contributed by atoms with E-state index in [9.17, 15) is 14.4 Å². The second-order valence-electron chi connectivity index (χ2n) is 6.99. The maximum Gasteiger partial charge on any atom is 0.230 e. The van der Waals surface area contributed by atoms with E-state index in [1.165, 1.54) is 0 Å². The van der Waals surface area contributed by atoms with Crippen molar-refractivity contribution in [2.75, 3.05) is 18.4 Å². The number of benzene rings is 1. The molecule has 6 nitrogen and oxygen atoms in total. The predicted octanol–water partition coefficient (Wildman–Crippen LogP) is 2.03. The molecule has 0 bridgehead atoms. The molecule has 0 aliphatic carbocycles. The minimum atomic E-state index is -0.280. The lowest BCUT2D eigenvalue weighted by Crippen LogP contribution is -2.28. The molecule has 1 unspecified atom stereocenters. The number of nitrogens with one attached hydrogen (secondary N) is 3. The van der Waals surface area contributed by atoms with Crippen molar-refractivity contribution >= 4 is 35.8 Å². The molecule has 3 rings (SSSR count). The first kappa shape index (κ1) is 20.4. The molecule has 2 heterocycles.